The minimum atomic E-state index is -0.346. The Balaban J connectivity index is 1.52. The third-order valence-corrected chi connectivity index (χ3v) is 4.75. The number of fused-ring (bicyclic) bond motifs is 1. The fraction of sp³-hybridized carbons (Fsp3) is 0.174. The van der Waals surface area contributed by atoms with E-state index in [1.54, 1.807) is 55.5 Å². The fourth-order valence-corrected chi connectivity index (χ4v) is 3.26. The van der Waals surface area contributed by atoms with Crippen molar-refractivity contribution in [3.05, 3.63) is 87.0 Å². The van der Waals surface area contributed by atoms with E-state index in [1.165, 1.54) is 6.07 Å². The maximum atomic E-state index is 12.7. The third-order valence-electron chi connectivity index (χ3n) is 4.52. The van der Waals surface area contributed by atoms with Crippen molar-refractivity contribution in [2.24, 2.45) is 0 Å². The highest BCUT2D eigenvalue weighted by Gasteiger charge is 2.13. The van der Waals surface area contributed by atoms with Crippen LogP contribution < -0.4 is 20.3 Å². The summed E-state index contributed by atoms with van der Waals surface area (Å²) in [6.45, 7) is 4.19. The van der Waals surface area contributed by atoms with Crippen molar-refractivity contribution >= 4 is 28.8 Å². The molecule has 0 fully saturated rings. The van der Waals surface area contributed by atoms with Gasteiger partial charge in [-0.15, -0.1) is 4.57 Å². The van der Waals surface area contributed by atoms with Gasteiger partial charge in [-0.1, -0.05) is 11.6 Å². The molecule has 4 rings (SSSR count). The molecule has 0 unspecified atom stereocenters. The zero-order valence-corrected chi connectivity index (χ0v) is 18.2. The standard InChI is InChI=1S/C23H20ClN3O5/c1-3-30-18-7-4-15(5-8-18)23(29)26-19-11-16(24)6-9-20(19)31-13-17-12-22(28)27-21(25-17)10-14(2)32-27/h4-12H,3,13H2,1-2H3,(H,26,29). The Morgan fingerprint density at radius 3 is 2.66 bits per heavy atom. The van der Waals surface area contributed by atoms with Crippen LogP contribution in [-0.2, 0) is 6.61 Å². The summed E-state index contributed by atoms with van der Waals surface area (Å²) in [6, 6.07) is 14.7. The molecule has 0 aliphatic rings. The molecule has 0 spiro atoms. The minimum absolute atomic E-state index is 0.0174. The van der Waals surface area contributed by atoms with Crippen LogP contribution in [0.15, 0.2) is 63.9 Å². The smallest absolute Gasteiger partial charge is 0.287 e. The number of rotatable bonds is 7. The summed E-state index contributed by atoms with van der Waals surface area (Å²) in [5.74, 6) is 1.32. The van der Waals surface area contributed by atoms with Gasteiger partial charge in [0.2, 0.25) is 0 Å². The summed E-state index contributed by atoms with van der Waals surface area (Å²) in [6.07, 6.45) is 0. The molecule has 0 radical (unpaired) electrons. The molecule has 2 heterocycles. The van der Waals surface area contributed by atoms with E-state index in [4.69, 9.17) is 25.6 Å². The largest absolute Gasteiger partial charge is 0.494 e. The first-order chi connectivity index (χ1) is 15.4. The highest BCUT2D eigenvalue weighted by Crippen LogP contribution is 2.29. The SMILES string of the molecule is CCOc1ccc(C(=O)Nc2cc(Cl)ccc2OCc2cc(=O)n3oc(C)cc3n2)cc1. The van der Waals surface area contributed by atoms with Gasteiger partial charge in [-0.05, 0) is 56.3 Å². The number of aromatic nitrogens is 2. The van der Waals surface area contributed by atoms with Crippen molar-refractivity contribution in [3.63, 3.8) is 0 Å². The molecule has 9 heteroatoms. The van der Waals surface area contributed by atoms with Crippen LogP contribution in [0.4, 0.5) is 5.69 Å². The highest BCUT2D eigenvalue weighted by atomic mass is 35.5. The maximum Gasteiger partial charge on any atom is 0.287 e. The first kappa shape index (κ1) is 21.5. The molecule has 2 aromatic heterocycles. The van der Waals surface area contributed by atoms with Crippen LogP contribution in [0.3, 0.4) is 0 Å². The molecule has 0 saturated carbocycles. The molecule has 32 heavy (non-hydrogen) atoms. The van der Waals surface area contributed by atoms with Crippen LogP contribution in [-0.4, -0.2) is 22.1 Å². The second-order valence-corrected chi connectivity index (χ2v) is 7.36. The first-order valence-electron chi connectivity index (χ1n) is 9.89. The number of nitrogens with one attached hydrogen (secondary N) is 1. The van der Waals surface area contributed by atoms with Crippen LogP contribution in [0.2, 0.25) is 5.02 Å². The number of hydrogen-bond donors (Lipinski definition) is 1. The monoisotopic (exact) mass is 453 g/mol. The van der Waals surface area contributed by atoms with Crippen molar-refractivity contribution < 1.29 is 18.8 Å². The Labute approximate surface area is 188 Å². The number of benzene rings is 2. The van der Waals surface area contributed by atoms with E-state index in [9.17, 15) is 9.59 Å². The predicted octanol–water partition coefficient (Wildman–Crippen LogP) is 4.48. The molecular formula is C23H20ClN3O5. The Bertz CT molecular complexity index is 1330. The van der Waals surface area contributed by atoms with Gasteiger partial charge in [0.05, 0.1) is 18.0 Å². The number of nitrogens with zero attached hydrogens (tertiary/aromatic N) is 2. The Kier molecular flexibility index (Phi) is 6.13. The zero-order valence-electron chi connectivity index (χ0n) is 17.4. The molecule has 0 atom stereocenters. The average molecular weight is 454 g/mol. The molecule has 164 valence electrons. The van der Waals surface area contributed by atoms with Crippen LogP contribution in [0.1, 0.15) is 28.7 Å². The van der Waals surface area contributed by atoms with Gasteiger partial charge in [0.15, 0.2) is 5.65 Å². The van der Waals surface area contributed by atoms with E-state index in [0.29, 0.717) is 51.5 Å². The van der Waals surface area contributed by atoms with E-state index in [2.05, 4.69) is 10.3 Å². The summed E-state index contributed by atoms with van der Waals surface area (Å²) in [5, 5.41) is 3.25. The second-order valence-electron chi connectivity index (χ2n) is 6.93. The summed E-state index contributed by atoms with van der Waals surface area (Å²) in [7, 11) is 0. The van der Waals surface area contributed by atoms with Crippen molar-refractivity contribution in [2.75, 3.05) is 11.9 Å². The van der Waals surface area contributed by atoms with Crippen LogP contribution in [0, 0.1) is 6.92 Å². The van der Waals surface area contributed by atoms with Crippen LogP contribution in [0.5, 0.6) is 11.5 Å². The fourth-order valence-electron chi connectivity index (χ4n) is 3.09. The van der Waals surface area contributed by atoms with E-state index >= 15 is 0 Å². The Hall–Kier alpha value is -3.78. The summed E-state index contributed by atoms with van der Waals surface area (Å²) in [5.41, 5.74) is 1.33. The number of amides is 1. The van der Waals surface area contributed by atoms with Gasteiger partial charge in [-0.2, -0.15) is 0 Å². The molecule has 0 aliphatic heterocycles. The van der Waals surface area contributed by atoms with Crippen molar-refractivity contribution in [1.82, 2.24) is 9.56 Å². The van der Waals surface area contributed by atoms with Crippen LogP contribution in [0.25, 0.3) is 5.65 Å². The molecule has 1 N–H and O–H groups in total. The molecule has 4 aromatic rings. The molecule has 0 saturated heterocycles. The zero-order chi connectivity index (χ0) is 22.7. The van der Waals surface area contributed by atoms with Gasteiger partial charge in [0, 0.05) is 22.7 Å². The van der Waals surface area contributed by atoms with Gasteiger partial charge in [0.1, 0.15) is 23.9 Å². The summed E-state index contributed by atoms with van der Waals surface area (Å²) >= 11 is 6.12. The maximum absolute atomic E-state index is 12.7. The van der Waals surface area contributed by atoms with Crippen LogP contribution >= 0.6 is 11.6 Å². The van der Waals surface area contributed by atoms with Gasteiger partial charge < -0.3 is 19.3 Å². The van der Waals surface area contributed by atoms with Crippen molar-refractivity contribution in [3.8, 4) is 11.5 Å². The lowest BCUT2D eigenvalue weighted by Crippen LogP contribution is -2.15. The number of halogens is 1. The minimum Gasteiger partial charge on any atom is -0.494 e. The van der Waals surface area contributed by atoms with Gasteiger partial charge in [0.25, 0.3) is 11.5 Å². The van der Waals surface area contributed by atoms with E-state index in [-0.39, 0.29) is 18.1 Å². The molecule has 1 amide bonds. The Morgan fingerprint density at radius 1 is 1.12 bits per heavy atom. The number of hydrogen-bond acceptors (Lipinski definition) is 6. The number of carbonyl (C=O) groups is 1. The normalized spacial score (nSPS) is 10.8. The molecular weight excluding hydrogens is 434 g/mol. The second kappa shape index (κ2) is 9.15. The van der Waals surface area contributed by atoms with Gasteiger partial charge >= 0.3 is 0 Å². The topological polar surface area (TPSA) is 95.1 Å². The van der Waals surface area contributed by atoms with Gasteiger partial charge in [-0.25, -0.2) is 4.98 Å². The summed E-state index contributed by atoms with van der Waals surface area (Å²) < 4.78 is 17.6. The summed E-state index contributed by atoms with van der Waals surface area (Å²) in [4.78, 5) is 29.3. The van der Waals surface area contributed by atoms with E-state index < -0.39 is 0 Å². The molecule has 0 aliphatic carbocycles. The molecule has 2 aromatic carbocycles. The number of carbonyl (C=O) groups excluding carboxylic acids is 1. The lowest BCUT2D eigenvalue weighted by molar-refractivity contribution is 0.102. The first-order valence-corrected chi connectivity index (χ1v) is 10.3. The van der Waals surface area contributed by atoms with Crippen molar-refractivity contribution in [2.45, 2.75) is 20.5 Å². The predicted molar refractivity (Wildman–Crippen MR) is 120 cm³/mol. The third kappa shape index (κ3) is 4.76. The van der Waals surface area contributed by atoms with E-state index in [0.717, 1.165) is 4.57 Å². The lowest BCUT2D eigenvalue weighted by Gasteiger charge is -2.13. The molecule has 8 nitrogen and oxygen atoms in total. The quantitative estimate of drug-likeness (QED) is 0.443. The number of ether oxygens (including phenoxy) is 2. The lowest BCUT2D eigenvalue weighted by atomic mass is 10.2. The van der Waals surface area contributed by atoms with E-state index in [1.807, 2.05) is 6.92 Å². The van der Waals surface area contributed by atoms with Gasteiger partial charge in [-0.3, -0.25) is 9.59 Å². The molecule has 0 bridgehead atoms. The number of aryl methyl sites for hydroxylation is 1. The number of anilines is 1. The Morgan fingerprint density at radius 2 is 1.91 bits per heavy atom. The van der Waals surface area contributed by atoms with Crippen molar-refractivity contribution in [1.29, 1.82) is 0 Å². The highest BCUT2D eigenvalue weighted by molar-refractivity contribution is 6.31. The average Bonchev–Trinajstić information content (AvgIpc) is 3.15.